The predicted octanol–water partition coefficient (Wildman–Crippen LogP) is 0.875. The minimum atomic E-state index is 0. The molecule has 0 bridgehead atoms. The van der Waals surface area contributed by atoms with Crippen molar-refractivity contribution in [3.8, 4) is 0 Å². The molecule has 0 amide bonds. The first-order chi connectivity index (χ1) is 1.41. The highest BCUT2D eigenvalue weighted by molar-refractivity contribution is 8.37. The van der Waals surface area contributed by atoms with Crippen molar-refractivity contribution in [2.45, 2.75) is 7.43 Å². The monoisotopic (exact) mass is 116 g/mol. The molecule has 0 aromatic rings. The molecule has 0 aliphatic rings. The van der Waals surface area contributed by atoms with Gasteiger partial charge < -0.3 is 0 Å². The maximum atomic E-state index is 4.12. The molecular weight excluding hydrogens is 108 g/mol. The second-order valence-electron chi connectivity index (χ2n) is 0.0680. The van der Waals surface area contributed by atoms with E-state index in [0.717, 1.165) is 8.88 Å². The molecule has 0 saturated carbocycles. The van der Waals surface area contributed by atoms with Gasteiger partial charge in [0.1, 0.15) is 0 Å². The van der Waals surface area contributed by atoms with Crippen LogP contribution in [0.3, 0.4) is 0 Å². The number of hydrogen-bond acceptors (Lipinski definition) is 2. The molecule has 0 heterocycles. The molecule has 0 aliphatic carbocycles. The fraction of sp³-hybridized carbons (Fsp3) is 1.00. The number of rotatable bonds is 0. The topological polar surface area (TPSA) is 0 Å². The van der Waals surface area contributed by atoms with Crippen LogP contribution in [0.15, 0.2) is 0 Å². The van der Waals surface area contributed by atoms with Crippen molar-refractivity contribution >= 4 is 31.3 Å². The highest BCUT2D eigenvalue weighted by Crippen LogP contribution is 0.998. The summed E-state index contributed by atoms with van der Waals surface area (Å²) in [6.07, 6.45) is 0. The van der Waals surface area contributed by atoms with Gasteiger partial charge in [-0.1, -0.05) is 7.43 Å². The minimum Gasteiger partial charge on any atom is -0.0776 e. The first-order valence-corrected chi connectivity index (χ1v) is 3.00. The van der Waals surface area contributed by atoms with Crippen molar-refractivity contribution in [2.75, 3.05) is 0 Å². The van der Waals surface area contributed by atoms with E-state index in [1.54, 1.807) is 0 Å². The molecular formula is CH6S3. The van der Waals surface area contributed by atoms with Gasteiger partial charge >= 0.3 is 0 Å². The lowest BCUT2D eigenvalue weighted by atomic mass is 12.0. The lowest BCUT2D eigenvalue weighted by molar-refractivity contribution is 2.50. The zero-order valence-corrected chi connectivity index (χ0v) is 3.67. The van der Waals surface area contributed by atoms with Crippen molar-refractivity contribution < 1.29 is 1.43 Å². The maximum absolute atomic E-state index is 4.12. The standard InChI is InChI=1S/CH4.S3.H2/c;1-3-2;/h1H4;;1H/i;;1+2. The predicted molar refractivity (Wildman–Crippen MR) is 30.9 cm³/mol. The smallest absolute Gasteiger partial charge is 0 e. The summed E-state index contributed by atoms with van der Waals surface area (Å²) in [5, 5.41) is 0. The highest BCUT2D eigenvalue weighted by atomic mass is 33.1. The molecule has 0 N–H and O–H groups in total. The maximum Gasteiger partial charge on any atom is 0 e. The summed E-state index contributed by atoms with van der Waals surface area (Å²) >= 11 is 8.25. The van der Waals surface area contributed by atoms with Gasteiger partial charge in [-0.3, -0.25) is 0 Å². The fourth-order valence-corrected chi connectivity index (χ4v) is 0. The Kier molecular flexibility index (Phi) is 20.7. The number of hydrogen-bond donors (Lipinski definition) is 0. The molecule has 0 saturated heterocycles. The summed E-state index contributed by atoms with van der Waals surface area (Å²) in [6.45, 7) is 0. The van der Waals surface area contributed by atoms with E-state index < -0.39 is 0 Å². The molecule has 0 aliphatic heterocycles. The Morgan fingerprint density at radius 1 is 1.50 bits per heavy atom. The molecule has 3 heteroatoms. The van der Waals surface area contributed by atoms with Gasteiger partial charge in [0.25, 0.3) is 0 Å². The van der Waals surface area contributed by atoms with Crippen molar-refractivity contribution in [1.82, 2.24) is 0 Å². The van der Waals surface area contributed by atoms with E-state index in [1.165, 1.54) is 0 Å². The van der Waals surface area contributed by atoms with E-state index in [4.69, 9.17) is 0 Å². The first kappa shape index (κ1) is 8.82. The van der Waals surface area contributed by atoms with Gasteiger partial charge in [-0.05, 0) is 0 Å². The summed E-state index contributed by atoms with van der Waals surface area (Å²) < 4.78 is 0. The van der Waals surface area contributed by atoms with Crippen LogP contribution < -0.4 is 0 Å². The van der Waals surface area contributed by atoms with Gasteiger partial charge in [-0.2, -0.15) is 0 Å². The summed E-state index contributed by atoms with van der Waals surface area (Å²) in [5.74, 6) is 0. The van der Waals surface area contributed by atoms with Gasteiger partial charge in [0, 0.05) is 32.7 Å². The Morgan fingerprint density at radius 3 is 1.50 bits per heavy atom. The molecule has 0 aromatic carbocycles. The normalized spacial score (nSPS) is 3.00. The average molecular weight is 116 g/mol. The molecule has 0 radical (unpaired) electrons. The second kappa shape index (κ2) is 9.40. The van der Waals surface area contributed by atoms with Crippen LogP contribution >= 0.6 is 0 Å². The molecule has 0 aromatic heterocycles. The van der Waals surface area contributed by atoms with Crippen LogP contribution in [0.1, 0.15) is 8.85 Å². The quantitative estimate of drug-likeness (QED) is 0.461. The van der Waals surface area contributed by atoms with Crippen molar-refractivity contribution in [3.05, 3.63) is 0 Å². The lowest BCUT2D eigenvalue weighted by Crippen LogP contribution is -1.00. The second-order valence-corrected chi connectivity index (χ2v) is 1.84. The van der Waals surface area contributed by atoms with Crippen LogP contribution in [0.25, 0.3) is 0 Å². The van der Waals surface area contributed by atoms with E-state index in [-0.39, 0.29) is 8.85 Å². The molecule has 0 unspecified atom stereocenters. The minimum absolute atomic E-state index is 0. The van der Waals surface area contributed by atoms with Gasteiger partial charge in [0.2, 0.25) is 0 Å². The van der Waals surface area contributed by atoms with E-state index >= 15 is 0 Å². The van der Waals surface area contributed by atoms with Crippen LogP contribution in [-0.2, 0) is 31.3 Å². The third kappa shape index (κ3) is 16.8. The van der Waals surface area contributed by atoms with Gasteiger partial charge in [-0.15, -0.1) is 0 Å². The van der Waals surface area contributed by atoms with Crippen molar-refractivity contribution in [2.24, 2.45) is 0 Å². The molecule has 0 rings (SSSR count). The zero-order valence-electron chi connectivity index (χ0n) is 1.22. The SMILES string of the molecule is C.S=S=S.[3HH]. The average Bonchev–Trinajstić information content (AvgIpc) is 0.918. The van der Waals surface area contributed by atoms with Crippen LogP contribution in [0, 0.1) is 0 Å². The molecule has 4 heavy (non-hydrogen) atoms. The van der Waals surface area contributed by atoms with Crippen molar-refractivity contribution in [3.63, 3.8) is 0 Å². The molecule has 0 fully saturated rings. The van der Waals surface area contributed by atoms with E-state index in [2.05, 4.69) is 22.4 Å². The first-order valence-electron chi connectivity index (χ1n) is 0.333. The highest BCUT2D eigenvalue weighted by Gasteiger charge is 1.00. The van der Waals surface area contributed by atoms with E-state index in [9.17, 15) is 0 Å². The summed E-state index contributed by atoms with van der Waals surface area (Å²) in [5.41, 5.74) is 0. The Balaban J connectivity index is -0.0000000200. The van der Waals surface area contributed by atoms with E-state index in [0.29, 0.717) is 0 Å². The molecule has 0 nitrogen and oxygen atoms in total. The Labute approximate surface area is 40.6 Å². The van der Waals surface area contributed by atoms with Crippen LogP contribution in [0.2, 0.25) is 0 Å². The fourth-order valence-electron chi connectivity index (χ4n) is 0. The van der Waals surface area contributed by atoms with E-state index in [1.807, 2.05) is 0 Å². The zero-order chi connectivity index (χ0) is 2.71. The van der Waals surface area contributed by atoms with Crippen LogP contribution in [0.4, 0.5) is 0 Å². The lowest BCUT2D eigenvalue weighted by Gasteiger charge is -1.000. The summed E-state index contributed by atoms with van der Waals surface area (Å²) in [7, 11) is 0.917. The Hall–Kier alpha value is 0.660. The summed E-state index contributed by atoms with van der Waals surface area (Å²) in [4.78, 5) is 0. The van der Waals surface area contributed by atoms with Gasteiger partial charge in [0.05, 0.1) is 0 Å². The van der Waals surface area contributed by atoms with Gasteiger partial charge in [-0.25, -0.2) is 0 Å². The van der Waals surface area contributed by atoms with Crippen LogP contribution in [-0.4, -0.2) is 0 Å². The molecule has 0 spiro atoms. The van der Waals surface area contributed by atoms with Crippen LogP contribution in [0.5, 0.6) is 0 Å². The van der Waals surface area contributed by atoms with Gasteiger partial charge in [0.15, 0.2) is 0 Å². The molecule has 0 atom stereocenters. The Morgan fingerprint density at radius 2 is 1.50 bits per heavy atom. The largest absolute Gasteiger partial charge is 0.0776 e. The third-order valence-corrected chi connectivity index (χ3v) is 0. The molecule has 28 valence electrons. The van der Waals surface area contributed by atoms with Crippen molar-refractivity contribution in [1.29, 1.82) is 0 Å². The third-order valence-electron chi connectivity index (χ3n) is 0. The Bertz CT molecular complexity index is 27.9. The summed E-state index contributed by atoms with van der Waals surface area (Å²) in [6, 6.07) is 0.